The molecule has 1 aromatic rings. The first-order chi connectivity index (χ1) is 9.65. The first kappa shape index (κ1) is 16.4. The number of hydrogen-bond donors (Lipinski definition) is 1. The Kier molecular flexibility index (Phi) is 7.00. The molecule has 0 radical (unpaired) electrons. The molecule has 0 atom stereocenters. The van der Waals surface area contributed by atoms with Crippen LogP contribution in [-0.2, 0) is 4.74 Å². The van der Waals surface area contributed by atoms with Gasteiger partial charge in [-0.25, -0.2) is 0 Å². The molecule has 7 heteroatoms. The van der Waals surface area contributed by atoms with Crippen molar-refractivity contribution < 1.29 is 4.74 Å². The molecule has 0 saturated carbocycles. The smallest absolute Gasteiger partial charge is 0.231 e. The first-order valence-corrected chi connectivity index (χ1v) is 7.13. The maximum atomic E-state index is 5.36. The number of likely N-dealkylation sites (N-methyl/N-ethyl adjacent to an activating group) is 1. The highest BCUT2D eigenvalue weighted by Crippen LogP contribution is 2.15. The Balaban J connectivity index is 2.91. The van der Waals surface area contributed by atoms with E-state index in [4.69, 9.17) is 4.74 Å². The molecule has 1 N–H and O–H groups in total. The molecule has 0 aromatic carbocycles. The highest BCUT2D eigenvalue weighted by atomic mass is 16.5. The average Bonchev–Trinajstić information content (AvgIpc) is 2.48. The van der Waals surface area contributed by atoms with E-state index in [2.05, 4.69) is 39.0 Å². The van der Waals surface area contributed by atoms with Gasteiger partial charge in [-0.2, -0.15) is 15.0 Å². The summed E-state index contributed by atoms with van der Waals surface area (Å²) in [4.78, 5) is 17.4. The van der Waals surface area contributed by atoms with Crippen LogP contribution in [0.1, 0.15) is 20.8 Å². The normalized spacial score (nSPS) is 10.4. The molecule has 1 heterocycles. The monoisotopic (exact) mass is 282 g/mol. The van der Waals surface area contributed by atoms with Crippen molar-refractivity contribution in [1.29, 1.82) is 0 Å². The van der Waals surface area contributed by atoms with Gasteiger partial charge in [-0.1, -0.05) is 0 Å². The van der Waals surface area contributed by atoms with E-state index in [0.717, 1.165) is 26.2 Å². The number of aromatic nitrogens is 3. The van der Waals surface area contributed by atoms with Crippen molar-refractivity contribution in [3.05, 3.63) is 0 Å². The van der Waals surface area contributed by atoms with Crippen molar-refractivity contribution in [2.45, 2.75) is 20.8 Å². The van der Waals surface area contributed by atoms with E-state index in [9.17, 15) is 0 Å². The van der Waals surface area contributed by atoms with Crippen LogP contribution < -0.4 is 15.1 Å². The molecule has 1 aromatic heterocycles. The minimum absolute atomic E-state index is 0.583. The van der Waals surface area contributed by atoms with Gasteiger partial charge in [0.15, 0.2) is 0 Å². The van der Waals surface area contributed by atoms with Crippen LogP contribution in [0.5, 0.6) is 0 Å². The number of rotatable bonds is 9. The second kappa shape index (κ2) is 8.52. The standard InChI is InChI=1S/C13H26N6O/c1-6-19(7-2)13-16-11(14-4)15-12(17-13)18(5)9-10-20-8-3/h6-10H2,1-5H3,(H,14,15,16,17). The molecule has 20 heavy (non-hydrogen) atoms. The summed E-state index contributed by atoms with van der Waals surface area (Å²) in [6.07, 6.45) is 0. The summed E-state index contributed by atoms with van der Waals surface area (Å²) in [5, 5.41) is 2.99. The average molecular weight is 282 g/mol. The molecule has 0 aliphatic rings. The van der Waals surface area contributed by atoms with Gasteiger partial charge in [-0.05, 0) is 20.8 Å². The molecule has 7 nitrogen and oxygen atoms in total. The third-order valence-corrected chi connectivity index (χ3v) is 3.00. The summed E-state index contributed by atoms with van der Waals surface area (Å²) in [5.74, 6) is 1.94. The van der Waals surface area contributed by atoms with Crippen molar-refractivity contribution in [2.24, 2.45) is 0 Å². The predicted molar refractivity (Wildman–Crippen MR) is 82.7 cm³/mol. The Morgan fingerprint density at radius 1 is 1.05 bits per heavy atom. The van der Waals surface area contributed by atoms with E-state index in [1.54, 1.807) is 0 Å². The molecule has 0 aliphatic carbocycles. The first-order valence-electron chi connectivity index (χ1n) is 7.13. The third kappa shape index (κ3) is 4.48. The van der Waals surface area contributed by atoms with Crippen molar-refractivity contribution in [1.82, 2.24) is 15.0 Å². The fraction of sp³-hybridized carbons (Fsp3) is 0.769. The zero-order valence-electron chi connectivity index (χ0n) is 13.2. The van der Waals surface area contributed by atoms with Gasteiger partial charge < -0.3 is 19.9 Å². The summed E-state index contributed by atoms with van der Waals surface area (Å²) in [6.45, 7) is 10.0. The van der Waals surface area contributed by atoms with E-state index in [1.807, 2.05) is 25.9 Å². The SMILES string of the molecule is CCOCCN(C)c1nc(NC)nc(N(CC)CC)n1. The zero-order valence-corrected chi connectivity index (χ0v) is 13.2. The van der Waals surface area contributed by atoms with Crippen LogP contribution in [0.3, 0.4) is 0 Å². The zero-order chi connectivity index (χ0) is 15.0. The Labute approximate surface area is 121 Å². The van der Waals surface area contributed by atoms with Gasteiger partial charge in [0, 0.05) is 40.3 Å². The van der Waals surface area contributed by atoms with Crippen LogP contribution in [0.15, 0.2) is 0 Å². The molecule has 0 aliphatic heterocycles. The van der Waals surface area contributed by atoms with Gasteiger partial charge in [0.05, 0.1) is 6.61 Å². The highest BCUT2D eigenvalue weighted by molar-refractivity contribution is 5.44. The lowest BCUT2D eigenvalue weighted by Crippen LogP contribution is -2.29. The van der Waals surface area contributed by atoms with Crippen molar-refractivity contribution in [3.63, 3.8) is 0 Å². The minimum atomic E-state index is 0.583. The third-order valence-electron chi connectivity index (χ3n) is 3.00. The van der Waals surface area contributed by atoms with E-state index in [-0.39, 0.29) is 0 Å². The Bertz CT molecular complexity index is 396. The van der Waals surface area contributed by atoms with Gasteiger partial charge in [-0.15, -0.1) is 0 Å². The fourth-order valence-corrected chi connectivity index (χ4v) is 1.73. The number of hydrogen-bond acceptors (Lipinski definition) is 7. The van der Waals surface area contributed by atoms with Crippen LogP contribution in [0.2, 0.25) is 0 Å². The molecular weight excluding hydrogens is 256 g/mol. The Hall–Kier alpha value is -1.63. The van der Waals surface area contributed by atoms with Crippen LogP contribution in [0, 0.1) is 0 Å². The molecular formula is C13H26N6O. The van der Waals surface area contributed by atoms with Crippen molar-refractivity contribution >= 4 is 17.8 Å². The summed E-state index contributed by atoms with van der Waals surface area (Å²) < 4.78 is 5.36. The van der Waals surface area contributed by atoms with Crippen LogP contribution in [-0.4, -0.2) is 61.9 Å². The van der Waals surface area contributed by atoms with Gasteiger partial charge in [0.25, 0.3) is 0 Å². The Morgan fingerprint density at radius 3 is 2.25 bits per heavy atom. The molecule has 0 unspecified atom stereocenters. The highest BCUT2D eigenvalue weighted by Gasteiger charge is 2.13. The summed E-state index contributed by atoms with van der Waals surface area (Å²) in [5.41, 5.74) is 0. The van der Waals surface area contributed by atoms with Crippen LogP contribution >= 0.6 is 0 Å². The second-order valence-corrected chi connectivity index (χ2v) is 4.30. The van der Waals surface area contributed by atoms with E-state index in [1.165, 1.54) is 0 Å². The van der Waals surface area contributed by atoms with Crippen LogP contribution in [0.25, 0.3) is 0 Å². The molecule has 0 saturated heterocycles. The van der Waals surface area contributed by atoms with Crippen molar-refractivity contribution in [3.8, 4) is 0 Å². The fourth-order valence-electron chi connectivity index (χ4n) is 1.73. The maximum Gasteiger partial charge on any atom is 0.231 e. The number of anilines is 3. The van der Waals surface area contributed by atoms with Gasteiger partial charge in [-0.3, -0.25) is 0 Å². The number of nitrogens with zero attached hydrogens (tertiary/aromatic N) is 5. The van der Waals surface area contributed by atoms with Crippen molar-refractivity contribution in [2.75, 3.05) is 62.1 Å². The Morgan fingerprint density at radius 2 is 1.70 bits per heavy atom. The molecule has 1 rings (SSSR count). The molecule has 0 bridgehead atoms. The van der Waals surface area contributed by atoms with Gasteiger partial charge in [0.2, 0.25) is 17.8 Å². The summed E-state index contributed by atoms with van der Waals surface area (Å²) in [7, 11) is 3.77. The van der Waals surface area contributed by atoms with E-state index < -0.39 is 0 Å². The molecule has 0 amide bonds. The molecule has 114 valence electrons. The maximum absolute atomic E-state index is 5.36. The molecule has 0 spiro atoms. The van der Waals surface area contributed by atoms with E-state index >= 15 is 0 Å². The topological polar surface area (TPSA) is 66.4 Å². The van der Waals surface area contributed by atoms with Gasteiger partial charge in [0.1, 0.15) is 0 Å². The summed E-state index contributed by atoms with van der Waals surface area (Å²) >= 11 is 0. The number of nitrogens with one attached hydrogen (secondary N) is 1. The quantitative estimate of drug-likeness (QED) is 0.683. The second-order valence-electron chi connectivity index (χ2n) is 4.30. The van der Waals surface area contributed by atoms with Crippen LogP contribution in [0.4, 0.5) is 17.8 Å². The lowest BCUT2D eigenvalue weighted by atomic mass is 10.5. The lowest BCUT2D eigenvalue weighted by molar-refractivity contribution is 0.154. The van der Waals surface area contributed by atoms with E-state index in [0.29, 0.717) is 24.5 Å². The predicted octanol–water partition coefficient (Wildman–Crippen LogP) is 1.23. The minimum Gasteiger partial charge on any atom is -0.380 e. The number of ether oxygens (including phenoxy) is 1. The summed E-state index contributed by atoms with van der Waals surface area (Å²) in [6, 6.07) is 0. The molecule has 0 fully saturated rings. The van der Waals surface area contributed by atoms with Gasteiger partial charge >= 0.3 is 0 Å². The lowest BCUT2D eigenvalue weighted by Gasteiger charge is -2.22. The largest absolute Gasteiger partial charge is 0.380 e.